The Hall–Kier alpha value is -2.04. The molecular formula is C21H35N3O2. The lowest BCUT2D eigenvalue weighted by molar-refractivity contribution is -0.143. The van der Waals surface area contributed by atoms with E-state index in [9.17, 15) is 9.59 Å². The van der Waals surface area contributed by atoms with Gasteiger partial charge in [-0.15, -0.1) is 0 Å². The van der Waals surface area contributed by atoms with Gasteiger partial charge in [-0.25, -0.2) is 0 Å². The van der Waals surface area contributed by atoms with Crippen molar-refractivity contribution < 1.29 is 9.59 Å². The summed E-state index contributed by atoms with van der Waals surface area (Å²) < 4.78 is 0. The van der Waals surface area contributed by atoms with Gasteiger partial charge in [0, 0.05) is 37.6 Å². The van der Waals surface area contributed by atoms with E-state index in [2.05, 4.69) is 51.8 Å². The molecule has 1 N–H and O–H groups in total. The molecule has 0 aromatic heterocycles. The van der Waals surface area contributed by atoms with E-state index in [4.69, 9.17) is 0 Å². The van der Waals surface area contributed by atoms with Crippen molar-refractivity contribution >= 4 is 23.2 Å². The number of carbonyl (C=O) groups excluding carboxylic acids is 2. The first-order valence-corrected chi connectivity index (χ1v) is 9.65. The normalized spacial score (nSPS) is 11.0. The van der Waals surface area contributed by atoms with E-state index >= 15 is 0 Å². The van der Waals surface area contributed by atoms with Gasteiger partial charge >= 0.3 is 11.8 Å². The number of carbonyl (C=O) groups is 2. The molecular weight excluding hydrogens is 326 g/mol. The van der Waals surface area contributed by atoms with Gasteiger partial charge in [-0.2, -0.15) is 0 Å². The molecule has 0 unspecified atom stereocenters. The van der Waals surface area contributed by atoms with Crippen LogP contribution in [0.15, 0.2) is 18.2 Å². The van der Waals surface area contributed by atoms with Crippen LogP contribution in [0.2, 0.25) is 0 Å². The van der Waals surface area contributed by atoms with Crippen molar-refractivity contribution in [3.8, 4) is 0 Å². The van der Waals surface area contributed by atoms with Crippen LogP contribution in [0, 0.1) is 18.8 Å². The first-order valence-electron chi connectivity index (χ1n) is 9.65. The quantitative estimate of drug-likeness (QED) is 0.714. The summed E-state index contributed by atoms with van der Waals surface area (Å²) in [4.78, 5) is 29.0. The van der Waals surface area contributed by atoms with Crippen LogP contribution in [0.25, 0.3) is 0 Å². The highest BCUT2D eigenvalue weighted by molar-refractivity contribution is 6.39. The van der Waals surface area contributed by atoms with Crippen LogP contribution < -0.4 is 10.2 Å². The number of nitrogens with one attached hydrogen (secondary N) is 1. The van der Waals surface area contributed by atoms with E-state index in [-0.39, 0.29) is 0 Å². The van der Waals surface area contributed by atoms with Crippen molar-refractivity contribution in [3.63, 3.8) is 0 Å². The number of benzene rings is 1. The highest BCUT2D eigenvalue weighted by Gasteiger charge is 2.23. The standard InChI is InChI=1S/C21H35N3O2/c1-8-23(9-2)18-10-11-19(17(7)12-18)22-20(25)21(26)24(13-15(3)4)14-16(5)6/h10-12,15-16H,8-9,13-14H2,1-7H3,(H,22,25). The Balaban J connectivity index is 2.89. The summed E-state index contributed by atoms with van der Waals surface area (Å²) >= 11 is 0. The second kappa shape index (κ2) is 10.2. The number of amides is 2. The molecule has 0 aliphatic heterocycles. The van der Waals surface area contributed by atoms with Crippen LogP contribution in [0.3, 0.4) is 0 Å². The fourth-order valence-corrected chi connectivity index (χ4v) is 3.01. The maximum Gasteiger partial charge on any atom is 0.313 e. The predicted molar refractivity (Wildman–Crippen MR) is 110 cm³/mol. The van der Waals surface area contributed by atoms with Crippen molar-refractivity contribution in [2.75, 3.05) is 36.4 Å². The number of nitrogens with zero attached hydrogens (tertiary/aromatic N) is 2. The molecule has 0 radical (unpaired) electrons. The molecule has 0 aliphatic carbocycles. The maximum absolute atomic E-state index is 12.6. The molecule has 0 atom stereocenters. The van der Waals surface area contributed by atoms with Crippen molar-refractivity contribution in [1.29, 1.82) is 0 Å². The second-order valence-corrected chi connectivity index (χ2v) is 7.62. The molecule has 1 rings (SSSR count). The van der Waals surface area contributed by atoms with E-state index in [1.165, 1.54) is 0 Å². The smallest absolute Gasteiger partial charge is 0.313 e. The zero-order valence-corrected chi connectivity index (χ0v) is 17.4. The van der Waals surface area contributed by atoms with Crippen LogP contribution >= 0.6 is 0 Å². The molecule has 0 saturated carbocycles. The second-order valence-electron chi connectivity index (χ2n) is 7.62. The van der Waals surface area contributed by atoms with E-state index in [0.717, 1.165) is 24.3 Å². The van der Waals surface area contributed by atoms with Gasteiger partial charge in [-0.3, -0.25) is 9.59 Å². The minimum Gasteiger partial charge on any atom is -0.372 e. The van der Waals surface area contributed by atoms with Crippen LogP contribution in [0.1, 0.15) is 47.1 Å². The monoisotopic (exact) mass is 361 g/mol. The summed E-state index contributed by atoms with van der Waals surface area (Å²) in [6.45, 7) is 17.4. The van der Waals surface area contributed by atoms with Crippen molar-refractivity contribution in [2.45, 2.75) is 48.5 Å². The third kappa shape index (κ3) is 6.36. The predicted octanol–water partition coefficient (Wildman–Crippen LogP) is 3.92. The molecule has 26 heavy (non-hydrogen) atoms. The van der Waals surface area contributed by atoms with Gasteiger partial charge in [0.1, 0.15) is 0 Å². The molecule has 0 fully saturated rings. The number of hydrogen-bond acceptors (Lipinski definition) is 3. The largest absolute Gasteiger partial charge is 0.372 e. The summed E-state index contributed by atoms with van der Waals surface area (Å²) in [6, 6.07) is 5.91. The van der Waals surface area contributed by atoms with Gasteiger partial charge < -0.3 is 15.1 Å². The molecule has 0 spiro atoms. The van der Waals surface area contributed by atoms with Crippen LogP contribution in [0.4, 0.5) is 11.4 Å². The number of anilines is 2. The van der Waals surface area contributed by atoms with Crippen molar-refractivity contribution in [1.82, 2.24) is 4.90 Å². The van der Waals surface area contributed by atoms with Gasteiger partial charge in [-0.05, 0) is 56.4 Å². The summed E-state index contributed by atoms with van der Waals surface area (Å²) in [5, 5.41) is 2.79. The SMILES string of the molecule is CCN(CC)c1ccc(NC(=O)C(=O)N(CC(C)C)CC(C)C)c(C)c1. The Morgan fingerprint density at radius 1 is 1.00 bits per heavy atom. The molecule has 5 nitrogen and oxygen atoms in total. The lowest BCUT2D eigenvalue weighted by Crippen LogP contribution is -2.43. The van der Waals surface area contributed by atoms with E-state index in [1.807, 2.05) is 25.1 Å². The van der Waals surface area contributed by atoms with E-state index in [1.54, 1.807) is 4.90 Å². The van der Waals surface area contributed by atoms with Gasteiger partial charge in [0.25, 0.3) is 0 Å². The highest BCUT2D eigenvalue weighted by atomic mass is 16.2. The summed E-state index contributed by atoms with van der Waals surface area (Å²) in [7, 11) is 0. The molecule has 1 aromatic rings. The molecule has 0 saturated heterocycles. The minimum atomic E-state index is -0.565. The Bertz CT molecular complexity index is 597. The minimum absolute atomic E-state index is 0.320. The van der Waals surface area contributed by atoms with Crippen LogP contribution in [0.5, 0.6) is 0 Å². The Morgan fingerprint density at radius 2 is 1.54 bits per heavy atom. The number of rotatable bonds is 8. The first kappa shape index (κ1) is 22.0. The van der Waals surface area contributed by atoms with Gasteiger partial charge in [-0.1, -0.05) is 27.7 Å². The van der Waals surface area contributed by atoms with Gasteiger partial charge in [0.05, 0.1) is 0 Å². The molecule has 0 aliphatic rings. The fraction of sp³-hybridized carbons (Fsp3) is 0.619. The zero-order chi connectivity index (χ0) is 19.9. The molecule has 1 aromatic carbocycles. The van der Waals surface area contributed by atoms with Crippen LogP contribution in [-0.4, -0.2) is 42.9 Å². The Labute approximate surface area is 158 Å². The average molecular weight is 362 g/mol. The lowest BCUT2D eigenvalue weighted by atomic mass is 10.1. The Morgan fingerprint density at radius 3 is 1.96 bits per heavy atom. The Kier molecular flexibility index (Phi) is 8.62. The van der Waals surface area contributed by atoms with E-state index in [0.29, 0.717) is 30.6 Å². The van der Waals surface area contributed by atoms with E-state index < -0.39 is 11.8 Å². The lowest BCUT2D eigenvalue weighted by Gasteiger charge is -2.26. The van der Waals surface area contributed by atoms with Crippen molar-refractivity contribution in [3.05, 3.63) is 23.8 Å². The molecule has 0 bridgehead atoms. The summed E-state index contributed by atoms with van der Waals surface area (Å²) in [6.07, 6.45) is 0. The molecule has 146 valence electrons. The first-order chi connectivity index (χ1) is 12.2. The molecule has 5 heteroatoms. The highest BCUT2D eigenvalue weighted by Crippen LogP contribution is 2.22. The third-order valence-corrected chi connectivity index (χ3v) is 4.24. The maximum atomic E-state index is 12.6. The summed E-state index contributed by atoms with van der Waals surface area (Å²) in [5.74, 6) is -0.384. The molecule has 0 heterocycles. The summed E-state index contributed by atoms with van der Waals surface area (Å²) in [5.41, 5.74) is 2.76. The number of aryl methyl sites for hydroxylation is 1. The van der Waals surface area contributed by atoms with Gasteiger partial charge in [0.2, 0.25) is 0 Å². The van der Waals surface area contributed by atoms with Gasteiger partial charge in [0.15, 0.2) is 0 Å². The fourth-order valence-electron chi connectivity index (χ4n) is 3.01. The average Bonchev–Trinajstić information content (AvgIpc) is 2.56. The van der Waals surface area contributed by atoms with Crippen molar-refractivity contribution in [2.24, 2.45) is 11.8 Å². The topological polar surface area (TPSA) is 52.7 Å². The zero-order valence-electron chi connectivity index (χ0n) is 17.4. The van der Waals surface area contributed by atoms with Crippen LogP contribution in [-0.2, 0) is 9.59 Å². The number of hydrogen-bond donors (Lipinski definition) is 1. The molecule has 2 amide bonds. The third-order valence-electron chi connectivity index (χ3n) is 4.24.